The first-order valence-electron chi connectivity index (χ1n) is 12.7. The van der Waals surface area contributed by atoms with Crippen LogP contribution in [0.5, 0.6) is 0 Å². The van der Waals surface area contributed by atoms with Gasteiger partial charge >= 0.3 is 5.97 Å². The van der Waals surface area contributed by atoms with Gasteiger partial charge in [-0.3, -0.25) is 24.2 Å². The predicted octanol–water partition coefficient (Wildman–Crippen LogP) is 3.79. The summed E-state index contributed by atoms with van der Waals surface area (Å²) < 4.78 is 4.91. The number of rotatable bonds is 6. The highest BCUT2D eigenvalue weighted by Crippen LogP contribution is 2.34. The molecule has 2 aliphatic rings. The Labute approximate surface area is 224 Å². The van der Waals surface area contributed by atoms with Gasteiger partial charge in [0.1, 0.15) is 5.69 Å². The van der Waals surface area contributed by atoms with Crippen LogP contribution in [-0.2, 0) is 16.0 Å². The maximum Gasteiger partial charge on any atom is 0.356 e. The van der Waals surface area contributed by atoms with Gasteiger partial charge in [-0.1, -0.05) is 54.6 Å². The second-order valence-corrected chi connectivity index (χ2v) is 9.66. The van der Waals surface area contributed by atoms with Gasteiger partial charge in [0, 0.05) is 24.0 Å². The van der Waals surface area contributed by atoms with E-state index >= 15 is 0 Å². The lowest BCUT2D eigenvalue weighted by molar-refractivity contribution is -0.118. The molecule has 6 rings (SSSR count). The van der Waals surface area contributed by atoms with E-state index in [4.69, 9.17) is 4.74 Å². The molecule has 2 aliphatic heterocycles. The van der Waals surface area contributed by atoms with Crippen LogP contribution >= 0.6 is 0 Å². The highest BCUT2D eigenvalue weighted by molar-refractivity contribution is 6.21. The molecule has 2 N–H and O–H groups in total. The second kappa shape index (κ2) is 9.85. The first kappa shape index (κ1) is 24.6. The molecule has 9 heteroatoms. The Hall–Kier alpha value is -4.76. The molecule has 196 valence electrons. The molecule has 0 unspecified atom stereocenters. The van der Waals surface area contributed by atoms with Crippen molar-refractivity contribution in [3.8, 4) is 0 Å². The van der Waals surface area contributed by atoms with Crippen LogP contribution in [0.4, 0.5) is 5.69 Å². The largest absolute Gasteiger partial charge is 0.464 e. The van der Waals surface area contributed by atoms with Crippen molar-refractivity contribution in [2.75, 3.05) is 32.1 Å². The van der Waals surface area contributed by atoms with E-state index in [1.165, 1.54) is 12.0 Å². The number of carbonyl (C=O) groups excluding carboxylic acids is 4. The summed E-state index contributed by atoms with van der Waals surface area (Å²) in [5.74, 6) is -1.57. The number of nitrogens with one attached hydrogen (secondary N) is 2. The van der Waals surface area contributed by atoms with E-state index < -0.39 is 5.97 Å². The van der Waals surface area contributed by atoms with Crippen LogP contribution in [0.15, 0.2) is 72.8 Å². The number of carbonyl (C=O) groups is 4. The summed E-state index contributed by atoms with van der Waals surface area (Å²) in [5, 5.41) is 3.60. The van der Waals surface area contributed by atoms with E-state index in [1.807, 2.05) is 53.4 Å². The zero-order valence-corrected chi connectivity index (χ0v) is 21.3. The van der Waals surface area contributed by atoms with E-state index in [0.717, 1.165) is 17.5 Å². The normalized spacial score (nSPS) is 16.7. The smallest absolute Gasteiger partial charge is 0.356 e. The van der Waals surface area contributed by atoms with Gasteiger partial charge < -0.3 is 15.0 Å². The number of ether oxygens (including phenoxy) is 1. The van der Waals surface area contributed by atoms with Gasteiger partial charge in [-0.05, 0) is 35.7 Å². The Balaban J connectivity index is 1.28. The summed E-state index contributed by atoms with van der Waals surface area (Å²) in [5.41, 5.74) is 4.12. The minimum absolute atomic E-state index is 0.00227. The number of aromatic amines is 1. The monoisotopic (exact) mass is 522 g/mol. The van der Waals surface area contributed by atoms with Crippen LogP contribution in [-0.4, -0.2) is 65.2 Å². The molecule has 1 atom stereocenters. The van der Waals surface area contributed by atoms with Crippen LogP contribution in [0, 0.1) is 0 Å². The number of imide groups is 1. The van der Waals surface area contributed by atoms with Crippen molar-refractivity contribution in [1.29, 1.82) is 0 Å². The number of methoxy groups -OCH3 is 1. The Kier molecular flexibility index (Phi) is 6.20. The number of H-pyrrole nitrogens is 1. The van der Waals surface area contributed by atoms with E-state index in [0.29, 0.717) is 34.3 Å². The summed E-state index contributed by atoms with van der Waals surface area (Å²) >= 11 is 0. The first-order chi connectivity index (χ1) is 19.0. The van der Waals surface area contributed by atoms with Crippen molar-refractivity contribution >= 4 is 40.3 Å². The van der Waals surface area contributed by atoms with E-state index in [1.54, 1.807) is 24.3 Å². The lowest BCUT2D eigenvalue weighted by atomic mass is 9.92. The van der Waals surface area contributed by atoms with Gasteiger partial charge in [0.2, 0.25) is 5.91 Å². The number of nitrogens with zero attached hydrogens (tertiary/aromatic N) is 2. The molecule has 0 radical (unpaired) electrons. The molecule has 0 fully saturated rings. The Morgan fingerprint density at radius 3 is 2.36 bits per heavy atom. The molecule has 0 aliphatic carbocycles. The highest BCUT2D eigenvalue weighted by Gasteiger charge is 2.39. The minimum Gasteiger partial charge on any atom is -0.464 e. The Bertz CT molecular complexity index is 1610. The van der Waals surface area contributed by atoms with Crippen molar-refractivity contribution < 1.29 is 23.9 Å². The molecule has 3 aromatic carbocycles. The maximum atomic E-state index is 13.4. The lowest BCUT2D eigenvalue weighted by Gasteiger charge is -2.38. The fraction of sp³-hybridized carbons (Fsp3) is 0.200. The predicted molar refractivity (Wildman–Crippen MR) is 145 cm³/mol. The molecule has 1 aromatic heterocycles. The molecule has 0 spiro atoms. The number of para-hydroxylation sites is 1. The molecule has 3 amide bonds. The number of amides is 3. The van der Waals surface area contributed by atoms with Gasteiger partial charge in [-0.15, -0.1) is 0 Å². The van der Waals surface area contributed by atoms with Gasteiger partial charge in [0.25, 0.3) is 11.8 Å². The number of benzene rings is 3. The van der Waals surface area contributed by atoms with Crippen molar-refractivity contribution in [2.24, 2.45) is 0 Å². The van der Waals surface area contributed by atoms with E-state index in [2.05, 4.69) is 10.3 Å². The lowest BCUT2D eigenvalue weighted by Crippen LogP contribution is -2.46. The third kappa shape index (κ3) is 4.26. The number of hydrogen-bond donors (Lipinski definition) is 2. The second-order valence-electron chi connectivity index (χ2n) is 9.66. The number of hydrogen-bond acceptors (Lipinski definition) is 6. The van der Waals surface area contributed by atoms with Crippen LogP contribution in [0.3, 0.4) is 0 Å². The average molecular weight is 523 g/mol. The third-order valence-electron chi connectivity index (χ3n) is 7.46. The number of anilines is 1. The van der Waals surface area contributed by atoms with Gasteiger partial charge in [0.15, 0.2) is 0 Å². The van der Waals surface area contributed by atoms with Crippen LogP contribution in [0.2, 0.25) is 0 Å². The topological polar surface area (TPSA) is 112 Å². The van der Waals surface area contributed by atoms with Gasteiger partial charge in [-0.2, -0.15) is 0 Å². The van der Waals surface area contributed by atoms with Gasteiger partial charge in [0.05, 0.1) is 36.5 Å². The molecule has 4 aromatic rings. The summed E-state index contributed by atoms with van der Waals surface area (Å²) in [6.45, 7) is 0.690. The van der Waals surface area contributed by atoms with E-state index in [-0.39, 0.29) is 42.5 Å². The fourth-order valence-corrected chi connectivity index (χ4v) is 5.57. The molecule has 0 saturated heterocycles. The average Bonchev–Trinajstić information content (AvgIpc) is 3.44. The molecule has 9 nitrogen and oxygen atoms in total. The van der Waals surface area contributed by atoms with Crippen LogP contribution in [0.25, 0.3) is 10.9 Å². The maximum absolute atomic E-state index is 13.4. The van der Waals surface area contributed by atoms with Crippen molar-refractivity contribution in [3.63, 3.8) is 0 Å². The standard InChI is InChI=1S/C30H26N4O5/c1-39-30(38)27-26(22-12-6-7-13-23(22)31-27)32-25(35)17-33-15-14-18-8-2-3-9-19(18)24(33)16-34-28(36)20-10-4-5-11-21(20)29(34)37/h2-13,24,31H,14-17H2,1H3,(H,32,35)/t24-/m1/s1. The van der Waals surface area contributed by atoms with Crippen molar-refractivity contribution in [1.82, 2.24) is 14.8 Å². The minimum atomic E-state index is -0.586. The number of fused-ring (bicyclic) bond motifs is 3. The highest BCUT2D eigenvalue weighted by atomic mass is 16.5. The van der Waals surface area contributed by atoms with Crippen LogP contribution < -0.4 is 5.32 Å². The molecule has 39 heavy (non-hydrogen) atoms. The molecule has 0 saturated carbocycles. The summed E-state index contributed by atoms with van der Waals surface area (Å²) in [4.78, 5) is 58.4. The molecule has 0 bridgehead atoms. The third-order valence-corrected chi connectivity index (χ3v) is 7.46. The quantitative estimate of drug-likeness (QED) is 0.294. The van der Waals surface area contributed by atoms with Crippen molar-refractivity contribution in [3.05, 3.63) is 101 Å². The molecular formula is C30H26N4O5. The first-order valence-corrected chi connectivity index (χ1v) is 12.7. The molecule has 3 heterocycles. The Morgan fingerprint density at radius 2 is 1.62 bits per heavy atom. The Morgan fingerprint density at radius 1 is 0.949 bits per heavy atom. The number of esters is 1. The van der Waals surface area contributed by atoms with Gasteiger partial charge in [-0.25, -0.2) is 4.79 Å². The van der Waals surface area contributed by atoms with Crippen LogP contribution in [0.1, 0.15) is 48.4 Å². The fourth-order valence-electron chi connectivity index (χ4n) is 5.57. The van der Waals surface area contributed by atoms with Crippen molar-refractivity contribution in [2.45, 2.75) is 12.5 Å². The summed E-state index contributed by atoms with van der Waals surface area (Å²) in [7, 11) is 1.29. The zero-order chi connectivity index (χ0) is 27.1. The zero-order valence-electron chi connectivity index (χ0n) is 21.3. The molecular weight excluding hydrogens is 496 g/mol. The summed E-state index contributed by atoms with van der Waals surface area (Å²) in [6, 6.07) is 21.6. The SMILES string of the molecule is COC(=O)c1[nH]c2ccccc2c1NC(=O)CN1CCc2ccccc2[C@H]1CN1C(=O)c2ccccc2C1=O. The summed E-state index contributed by atoms with van der Waals surface area (Å²) in [6.07, 6.45) is 0.725. The number of aromatic nitrogens is 1. The van der Waals surface area contributed by atoms with E-state index in [9.17, 15) is 19.2 Å².